The van der Waals surface area contributed by atoms with Gasteiger partial charge in [-0.15, -0.1) is 0 Å². The Bertz CT molecular complexity index is 2540. The zero-order chi connectivity index (χ0) is 52.0. The van der Waals surface area contributed by atoms with E-state index in [1.165, 1.54) is 9.80 Å². The molecular formula is C49H53F8IN4O8. The number of benzene rings is 2. The molecule has 2 amide bonds. The normalized spacial score (nSPS) is 18.4. The van der Waals surface area contributed by atoms with Crippen LogP contribution in [0.1, 0.15) is 125 Å². The molecule has 2 aromatic carbocycles. The van der Waals surface area contributed by atoms with Crippen molar-refractivity contribution in [1.82, 2.24) is 9.97 Å². The summed E-state index contributed by atoms with van der Waals surface area (Å²) in [5.41, 5.74) is -3.31. The van der Waals surface area contributed by atoms with Crippen LogP contribution in [0.5, 0.6) is 23.3 Å². The van der Waals surface area contributed by atoms with E-state index < -0.39 is 88.0 Å². The molecule has 0 unspecified atom stereocenters. The summed E-state index contributed by atoms with van der Waals surface area (Å²) in [6, 6.07) is 5.15. The monoisotopic (exact) mass is 1100 g/mol. The van der Waals surface area contributed by atoms with Gasteiger partial charge >= 0.3 is 24.3 Å². The number of anilines is 2. The highest BCUT2D eigenvalue weighted by molar-refractivity contribution is 14.1. The number of ether oxygens (including phenoxy) is 3. The predicted molar refractivity (Wildman–Crippen MR) is 250 cm³/mol. The topological polar surface area (TPSA) is 148 Å². The van der Waals surface area contributed by atoms with Gasteiger partial charge in [0.2, 0.25) is 23.6 Å². The Morgan fingerprint density at radius 1 is 0.671 bits per heavy atom. The molecule has 2 aromatic heterocycles. The number of pyridine rings is 2. The number of nitrogens with zero attached hydrogens (tertiary/aromatic N) is 4. The van der Waals surface area contributed by atoms with Gasteiger partial charge in [0.1, 0.15) is 11.1 Å². The number of amides is 2. The number of aromatic carboxylic acids is 1. The fourth-order valence-electron chi connectivity index (χ4n) is 8.40. The summed E-state index contributed by atoms with van der Waals surface area (Å²) in [6.45, 7) is 11.1. The van der Waals surface area contributed by atoms with Crippen LogP contribution in [-0.2, 0) is 26.7 Å². The largest absolute Gasteiger partial charge is 0.478 e. The summed E-state index contributed by atoms with van der Waals surface area (Å²) >= 11 is 1.67. The number of alkyl halides is 6. The lowest BCUT2D eigenvalue weighted by molar-refractivity contribution is -0.139. The van der Waals surface area contributed by atoms with Gasteiger partial charge in [-0.3, -0.25) is 9.59 Å². The highest BCUT2D eigenvalue weighted by Gasteiger charge is 2.39. The number of hydrogen-bond acceptors (Lipinski definition) is 9. The molecule has 70 heavy (non-hydrogen) atoms. The van der Waals surface area contributed by atoms with Crippen molar-refractivity contribution >= 4 is 57.7 Å². The van der Waals surface area contributed by atoms with Gasteiger partial charge < -0.3 is 29.1 Å². The summed E-state index contributed by atoms with van der Waals surface area (Å²) in [5.74, 6) is -7.85. The predicted octanol–water partition coefficient (Wildman–Crippen LogP) is 13.3. The van der Waals surface area contributed by atoms with Crippen molar-refractivity contribution in [3.63, 3.8) is 0 Å². The molecule has 0 radical (unpaired) electrons. The Morgan fingerprint density at radius 3 is 1.51 bits per heavy atom. The zero-order valence-corrected chi connectivity index (χ0v) is 41.5. The molecule has 0 atom stereocenters. The lowest BCUT2D eigenvalue weighted by atomic mass is 9.82. The number of carboxylic acids is 1. The van der Waals surface area contributed by atoms with Crippen LogP contribution < -0.4 is 19.3 Å². The summed E-state index contributed by atoms with van der Waals surface area (Å²) in [6.07, 6.45) is -1.28. The van der Waals surface area contributed by atoms with E-state index in [0.29, 0.717) is 37.5 Å². The summed E-state index contributed by atoms with van der Waals surface area (Å²) < 4.78 is 126. The molecule has 2 fully saturated rings. The number of carbonyl (C=O) groups excluding carboxylic acids is 3. The summed E-state index contributed by atoms with van der Waals surface area (Å²) in [5, 5.41) is 9.78. The standard InChI is InChI=1S/C25H27F4IN2O4.C24H26F4N2O4/c1-13(2)32(23(33)15-7-5-14(3)6-8-15)20-11-19(26)21(10-17(20)24(34)35-4)36-22-18(25(27,28)29)9-16(30)12-31-22;1-13(2)30(22(31)15-8-6-14(3)7-9-15)19-12-18(25)20(11-16(19)23(32)33)34-21-17(24(26,27)28)5-4-10-29-21/h9-15H,5-8H2,1-4H3;4-5,10-15H,6-9H2,1-3H3,(H,32,33). The number of carbonyl (C=O) groups is 4. The van der Waals surface area contributed by atoms with Gasteiger partial charge in [-0.25, -0.2) is 28.3 Å². The van der Waals surface area contributed by atoms with Crippen LogP contribution in [0.15, 0.2) is 54.9 Å². The first-order valence-corrected chi connectivity index (χ1v) is 23.6. The first-order valence-electron chi connectivity index (χ1n) is 22.5. The van der Waals surface area contributed by atoms with Crippen molar-refractivity contribution in [3.8, 4) is 23.3 Å². The lowest BCUT2D eigenvalue weighted by Gasteiger charge is -2.34. The molecule has 12 nitrogen and oxygen atoms in total. The van der Waals surface area contributed by atoms with Gasteiger partial charge in [-0.1, -0.05) is 13.8 Å². The first kappa shape index (κ1) is 55.3. The Hall–Kier alpha value is -5.61. The molecule has 6 rings (SSSR count). The van der Waals surface area contributed by atoms with Crippen LogP contribution in [0.4, 0.5) is 46.5 Å². The Labute approximate surface area is 413 Å². The van der Waals surface area contributed by atoms with Crippen LogP contribution in [0.2, 0.25) is 0 Å². The van der Waals surface area contributed by atoms with E-state index in [9.17, 15) is 50.6 Å². The average Bonchev–Trinajstić information content (AvgIpc) is 3.28. The number of halogens is 9. The maximum absolute atomic E-state index is 15.2. The molecule has 2 heterocycles. The second kappa shape index (κ2) is 23.1. The molecule has 2 aliphatic rings. The van der Waals surface area contributed by atoms with Crippen LogP contribution in [0.3, 0.4) is 0 Å². The summed E-state index contributed by atoms with van der Waals surface area (Å²) in [7, 11) is 1.11. The van der Waals surface area contributed by atoms with Crippen molar-refractivity contribution in [2.75, 3.05) is 16.9 Å². The fourth-order valence-corrected chi connectivity index (χ4v) is 8.85. The molecule has 0 saturated heterocycles. The second-order valence-electron chi connectivity index (χ2n) is 18.0. The second-order valence-corrected chi connectivity index (χ2v) is 19.2. The maximum atomic E-state index is 15.2. The maximum Gasteiger partial charge on any atom is 0.421 e. The van der Waals surface area contributed by atoms with Gasteiger partial charge in [-0.2, -0.15) is 26.3 Å². The SMILES string of the molecule is CC1CCC(C(=O)N(c2cc(F)c(Oc3ncccc3C(F)(F)F)cc2C(=O)O)C(C)C)CC1.COC(=O)c1cc(Oc2ncc(I)cc2C(F)(F)F)c(F)cc1N(C(=O)C1CCC(C)CC1)C(C)C. The molecule has 0 bridgehead atoms. The zero-order valence-electron chi connectivity index (χ0n) is 39.3. The van der Waals surface area contributed by atoms with E-state index in [1.807, 2.05) is 0 Å². The van der Waals surface area contributed by atoms with E-state index >= 15 is 8.78 Å². The number of carboxylic acid groups (broad SMARTS) is 1. The van der Waals surface area contributed by atoms with Crippen molar-refractivity contribution in [2.24, 2.45) is 23.7 Å². The molecule has 0 spiro atoms. The van der Waals surface area contributed by atoms with E-state index in [0.717, 1.165) is 87.7 Å². The Balaban J connectivity index is 0.000000261. The van der Waals surface area contributed by atoms with Crippen LogP contribution in [0.25, 0.3) is 0 Å². The third kappa shape index (κ3) is 13.4. The van der Waals surface area contributed by atoms with Crippen molar-refractivity contribution in [3.05, 3.63) is 92.3 Å². The van der Waals surface area contributed by atoms with Crippen molar-refractivity contribution in [1.29, 1.82) is 0 Å². The van der Waals surface area contributed by atoms with Crippen molar-refractivity contribution in [2.45, 2.75) is 117 Å². The fraction of sp³-hybridized carbons (Fsp3) is 0.469. The van der Waals surface area contributed by atoms with Gasteiger partial charge in [0, 0.05) is 64.1 Å². The molecular weight excluding hydrogens is 1050 g/mol. The quantitative estimate of drug-likeness (QED) is 0.0825. The van der Waals surface area contributed by atoms with Crippen molar-refractivity contribution < 1.29 is 73.6 Å². The molecule has 1 N–H and O–H groups in total. The van der Waals surface area contributed by atoms with Gasteiger partial charge in [0.05, 0.1) is 29.6 Å². The minimum atomic E-state index is -4.81. The minimum Gasteiger partial charge on any atom is -0.478 e. The molecule has 2 aliphatic carbocycles. The lowest BCUT2D eigenvalue weighted by Crippen LogP contribution is -2.43. The average molecular weight is 1100 g/mol. The number of esters is 1. The van der Waals surface area contributed by atoms with E-state index in [4.69, 9.17) is 14.2 Å². The molecule has 21 heteroatoms. The Kier molecular flexibility index (Phi) is 18.2. The number of hydrogen-bond donors (Lipinski definition) is 1. The Morgan fingerprint density at radius 2 is 1.10 bits per heavy atom. The van der Waals surface area contributed by atoms with E-state index in [-0.39, 0.29) is 44.2 Å². The van der Waals surface area contributed by atoms with Crippen LogP contribution >= 0.6 is 22.6 Å². The molecule has 380 valence electrons. The highest BCUT2D eigenvalue weighted by Crippen LogP contribution is 2.42. The molecule has 4 aromatic rings. The smallest absolute Gasteiger partial charge is 0.421 e. The van der Waals surface area contributed by atoms with Gasteiger partial charge in [0.25, 0.3) is 0 Å². The highest BCUT2D eigenvalue weighted by atomic mass is 127. The first-order chi connectivity index (χ1) is 32.7. The molecule has 0 aliphatic heterocycles. The van der Waals surface area contributed by atoms with Gasteiger partial charge in [-0.05, 0) is 132 Å². The van der Waals surface area contributed by atoms with Crippen LogP contribution in [-0.4, -0.2) is 58.0 Å². The minimum absolute atomic E-state index is 0.0306. The molecule has 2 saturated carbocycles. The third-order valence-corrected chi connectivity index (χ3v) is 12.7. The van der Waals surface area contributed by atoms with Crippen LogP contribution in [0, 0.1) is 38.9 Å². The third-order valence-electron chi connectivity index (χ3n) is 12.1. The number of rotatable bonds is 12. The van der Waals surface area contributed by atoms with E-state index in [2.05, 4.69) is 23.8 Å². The number of methoxy groups -OCH3 is 1. The number of aromatic nitrogens is 2. The van der Waals surface area contributed by atoms with E-state index in [1.54, 1.807) is 50.3 Å². The summed E-state index contributed by atoms with van der Waals surface area (Å²) in [4.78, 5) is 61.2. The van der Waals surface area contributed by atoms with Gasteiger partial charge in [0.15, 0.2) is 23.1 Å².